The molecule has 0 radical (unpaired) electrons. The summed E-state index contributed by atoms with van der Waals surface area (Å²) >= 11 is 0. The van der Waals surface area contributed by atoms with Crippen LogP contribution >= 0.6 is 0 Å². The molecule has 21 heavy (non-hydrogen) atoms. The first kappa shape index (κ1) is 13.0. The summed E-state index contributed by atoms with van der Waals surface area (Å²) in [7, 11) is 0. The zero-order valence-corrected chi connectivity index (χ0v) is 10.9. The van der Waals surface area contributed by atoms with Crippen molar-refractivity contribution in [2.24, 2.45) is 0 Å². The Bertz CT molecular complexity index is 882. The predicted octanol–water partition coefficient (Wildman–Crippen LogP) is 1.12. The van der Waals surface area contributed by atoms with Crippen LogP contribution in [0.25, 0.3) is 5.78 Å². The number of amides is 1. The lowest BCUT2D eigenvalue weighted by atomic mass is 10.2. The second-order valence-corrected chi connectivity index (χ2v) is 4.40. The Hall–Kier alpha value is -3.03. The van der Waals surface area contributed by atoms with Crippen LogP contribution in [0.4, 0.5) is 10.3 Å². The highest BCUT2D eigenvalue weighted by Crippen LogP contribution is 2.07. The number of carbonyl (C=O) groups is 1. The van der Waals surface area contributed by atoms with Gasteiger partial charge in [-0.2, -0.15) is 9.50 Å². The number of rotatable bonds is 2. The number of halogens is 1. The van der Waals surface area contributed by atoms with E-state index in [4.69, 9.17) is 0 Å². The van der Waals surface area contributed by atoms with Crippen molar-refractivity contribution in [2.75, 3.05) is 5.32 Å². The molecule has 0 aliphatic heterocycles. The lowest BCUT2D eigenvalue weighted by Crippen LogP contribution is -2.16. The molecule has 2 aromatic heterocycles. The molecule has 7 nitrogen and oxygen atoms in total. The summed E-state index contributed by atoms with van der Waals surface area (Å²) in [6, 6.07) is 6.41. The SMILES string of the molecule is Cc1cc(=O)n2[nH]c(NC(=O)c3ccc(F)cc3)nc2n1. The van der Waals surface area contributed by atoms with Crippen molar-refractivity contribution in [3.05, 3.63) is 57.8 Å². The summed E-state index contributed by atoms with van der Waals surface area (Å²) in [6.45, 7) is 1.67. The Labute approximate surface area is 117 Å². The van der Waals surface area contributed by atoms with Crippen LogP contribution < -0.4 is 10.9 Å². The van der Waals surface area contributed by atoms with E-state index >= 15 is 0 Å². The van der Waals surface area contributed by atoms with Crippen LogP contribution in [-0.2, 0) is 0 Å². The molecule has 0 atom stereocenters. The summed E-state index contributed by atoms with van der Waals surface area (Å²) in [5.41, 5.74) is 0.475. The van der Waals surface area contributed by atoms with Gasteiger partial charge in [0.1, 0.15) is 5.82 Å². The number of nitrogens with one attached hydrogen (secondary N) is 2. The van der Waals surface area contributed by atoms with Gasteiger partial charge in [-0.1, -0.05) is 0 Å². The number of hydrogen-bond acceptors (Lipinski definition) is 4. The Kier molecular flexibility index (Phi) is 2.98. The summed E-state index contributed by atoms with van der Waals surface area (Å²) in [6.07, 6.45) is 0. The molecule has 0 unspecified atom stereocenters. The van der Waals surface area contributed by atoms with Gasteiger partial charge in [0.05, 0.1) is 0 Å². The normalized spacial score (nSPS) is 10.8. The van der Waals surface area contributed by atoms with Gasteiger partial charge in [-0.15, -0.1) is 0 Å². The van der Waals surface area contributed by atoms with Gasteiger partial charge in [-0.25, -0.2) is 9.37 Å². The number of aryl methyl sites for hydroxylation is 1. The lowest BCUT2D eigenvalue weighted by molar-refractivity contribution is 0.102. The molecule has 1 amide bonds. The van der Waals surface area contributed by atoms with Crippen LogP contribution in [0.2, 0.25) is 0 Å². The van der Waals surface area contributed by atoms with Crippen LogP contribution in [0.1, 0.15) is 16.1 Å². The monoisotopic (exact) mass is 287 g/mol. The second-order valence-electron chi connectivity index (χ2n) is 4.40. The third-order valence-electron chi connectivity index (χ3n) is 2.80. The highest BCUT2D eigenvalue weighted by Gasteiger charge is 2.11. The minimum Gasteiger partial charge on any atom is -0.291 e. The smallest absolute Gasteiger partial charge is 0.274 e. The number of H-pyrrole nitrogens is 1. The van der Waals surface area contributed by atoms with E-state index in [0.717, 1.165) is 4.52 Å². The molecule has 2 heterocycles. The third-order valence-corrected chi connectivity index (χ3v) is 2.80. The second kappa shape index (κ2) is 4.82. The lowest BCUT2D eigenvalue weighted by Gasteiger charge is -2.00. The minimum absolute atomic E-state index is 0.0829. The topological polar surface area (TPSA) is 92.2 Å². The van der Waals surface area contributed by atoms with Gasteiger partial charge in [0.15, 0.2) is 0 Å². The van der Waals surface area contributed by atoms with Crippen molar-refractivity contribution in [1.29, 1.82) is 0 Å². The molecule has 8 heteroatoms. The molecule has 3 aromatic rings. The maximum absolute atomic E-state index is 12.8. The summed E-state index contributed by atoms with van der Waals surface area (Å²) < 4.78 is 13.9. The Morgan fingerprint density at radius 1 is 1.29 bits per heavy atom. The van der Waals surface area contributed by atoms with Gasteiger partial charge in [-0.3, -0.25) is 20.0 Å². The van der Waals surface area contributed by atoms with Crippen molar-refractivity contribution in [3.8, 4) is 0 Å². The van der Waals surface area contributed by atoms with Crippen LogP contribution in [0.15, 0.2) is 35.1 Å². The quantitative estimate of drug-likeness (QED) is 0.738. The van der Waals surface area contributed by atoms with Gasteiger partial charge in [0.25, 0.3) is 17.2 Å². The fraction of sp³-hybridized carbons (Fsp3) is 0.0769. The van der Waals surface area contributed by atoms with Crippen molar-refractivity contribution < 1.29 is 9.18 Å². The first-order valence-corrected chi connectivity index (χ1v) is 6.06. The van der Waals surface area contributed by atoms with Gasteiger partial charge >= 0.3 is 0 Å². The molecule has 106 valence electrons. The van der Waals surface area contributed by atoms with E-state index in [2.05, 4.69) is 20.4 Å². The maximum Gasteiger partial charge on any atom is 0.274 e. The number of anilines is 1. The van der Waals surface area contributed by atoms with Crippen LogP contribution in [-0.4, -0.2) is 25.5 Å². The summed E-state index contributed by atoms with van der Waals surface area (Å²) in [4.78, 5) is 31.7. The standard InChI is InChI=1S/C13H10FN5O2/c1-7-6-10(20)19-13(15-7)17-12(18-19)16-11(21)8-2-4-9(14)5-3-8/h2-6H,1H3,(H2,15,16,17,18,21). The van der Waals surface area contributed by atoms with Crippen LogP contribution in [0.3, 0.4) is 0 Å². The number of hydrogen-bond donors (Lipinski definition) is 2. The van der Waals surface area contributed by atoms with Gasteiger partial charge in [0, 0.05) is 17.3 Å². The number of fused-ring (bicyclic) bond motifs is 1. The zero-order valence-electron chi connectivity index (χ0n) is 10.9. The van der Waals surface area contributed by atoms with E-state index in [0.29, 0.717) is 5.69 Å². The van der Waals surface area contributed by atoms with E-state index in [9.17, 15) is 14.0 Å². The molecule has 0 spiro atoms. The highest BCUT2D eigenvalue weighted by atomic mass is 19.1. The number of aromatic amines is 1. The predicted molar refractivity (Wildman–Crippen MR) is 72.7 cm³/mol. The summed E-state index contributed by atoms with van der Waals surface area (Å²) in [5, 5.41) is 5.11. The fourth-order valence-electron chi connectivity index (χ4n) is 1.83. The van der Waals surface area contributed by atoms with E-state index in [1.807, 2.05) is 0 Å². The first-order valence-electron chi connectivity index (χ1n) is 6.06. The molecule has 0 saturated heterocycles. The highest BCUT2D eigenvalue weighted by molar-refractivity contribution is 6.03. The van der Waals surface area contributed by atoms with Crippen molar-refractivity contribution >= 4 is 17.6 Å². The molecule has 0 saturated carbocycles. The van der Waals surface area contributed by atoms with Crippen molar-refractivity contribution in [1.82, 2.24) is 19.6 Å². The number of aromatic nitrogens is 4. The van der Waals surface area contributed by atoms with Gasteiger partial charge in [-0.05, 0) is 31.2 Å². The molecule has 0 fully saturated rings. The van der Waals surface area contributed by atoms with Crippen molar-refractivity contribution in [3.63, 3.8) is 0 Å². The molecular weight excluding hydrogens is 277 g/mol. The Morgan fingerprint density at radius 2 is 2.00 bits per heavy atom. The van der Waals surface area contributed by atoms with E-state index < -0.39 is 11.7 Å². The number of nitrogens with zero attached hydrogens (tertiary/aromatic N) is 3. The molecule has 0 aliphatic carbocycles. The average molecular weight is 287 g/mol. The minimum atomic E-state index is -0.473. The third kappa shape index (κ3) is 2.50. The fourth-order valence-corrected chi connectivity index (χ4v) is 1.83. The van der Waals surface area contributed by atoms with E-state index in [-0.39, 0.29) is 22.8 Å². The van der Waals surface area contributed by atoms with Crippen LogP contribution in [0.5, 0.6) is 0 Å². The molecular formula is C13H10FN5O2. The largest absolute Gasteiger partial charge is 0.291 e. The Morgan fingerprint density at radius 3 is 2.71 bits per heavy atom. The number of carbonyl (C=O) groups excluding carboxylic acids is 1. The molecule has 1 aromatic carbocycles. The molecule has 0 bridgehead atoms. The summed E-state index contributed by atoms with van der Waals surface area (Å²) in [5.74, 6) is -0.658. The molecule has 3 rings (SSSR count). The molecule has 0 aliphatic rings. The maximum atomic E-state index is 12.8. The van der Waals surface area contributed by atoms with E-state index in [1.54, 1.807) is 6.92 Å². The average Bonchev–Trinajstić information content (AvgIpc) is 2.82. The number of benzene rings is 1. The first-order chi connectivity index (χ1) is 10.0. The van der Waals surface area contributed by atoms with E-state index in [1.165, 1.54) is 30.3 Å². The zero-order chi connectivity index (χ0) is 15.0. The van der Waals surface area contributed by atoms with Crippen LogP contribution in [0, 0.1) is 12.7 Å². The van der Waals surface area contributed by atoms with Gasteiger partial charge < -0.3 is 0 Å². The molecule has 2 N–H and O–H groups in total. The van der Waals surface area contributed by atoms with Gasteiger partial charge in [0.2, 0.25) is 5.95 Å². The Balaban J connectivity index is 1.91. The van der Waals surface area contributed by atoms with Crippen molar-refractivity contribution in [2.45, 2.75) is 6.92 Å².